The molecule has 0 amide bonds. The number of halogens is 1. The Bertz CT molecular complexity index is 604. The molecule has 0 spiro atoms. The summed E-state index contributed by atoms with van der Waals surface area (Å²) in [6.07, 6.45) is 3.77. The highest BCUT2D eigenvalue weighted by atomic mass is 19.1. The zero-order valence-corrected chi connectivity index (χ0v) is 12.2. The Morgan fingerprint density at radius 2 is 2.10 bits per heavy atom. The zero-order valence-electron chi connectivity index (χ0n) is 12.2. The molecule has 0 aromatic carbocycles. The standard InChI is InChI=1S/C15H20FN5/c1-11-9-14(20-19-11)18-15-13(16)6-5-12(17-15)10-21-7-3-2-4-8-21/h5-6,9H,2-4,7-8,10H2,1H3,(H2,17,18,19,20). The number of anilines is 2. The second kappa shape index (κ2) is 6.22. The van der Waals surface area contributed by atoms with Gasteiger partial charge in [-0.05, 0) is 45.0 Å². The molecular weight excluding hydrogens is 269 g/mol. The Balaban J connectivity index is 1.72. The minimum atomic E-state index is -0.363. The van der Waals surface area contributed by atoms with Crippen LogP contribution in [0.25, 0.3) is 0 Å². The van der Waals surface area contributed by atoms with E-state index in [1.54, 1.807) is 6.07 Å². The van der Waals surface area contributed by atoms with E-state index in [9.17, 15) is 4.39 Å². The monoisotopic (exact) mass is 289 g/mol. The van der Waals surface area contributed by atoms with E-state index in [2.05, 4.69) is 25.4 Å². The van der Waals surface area contributed by atoms with Crippen LogP contribution < -0.4 is 5.32 Å². The van der Waals surface area contributed by atoms with Crippen LogP contribution in [-0.2, 0) is 6.54 Å². The lowest BCUT2D eigenvalue weighted by molar-refractivity contribution is 0.218. The van der Waals surface area contributed by atoms with Gasteiger partial charge in [-0.1, -0.05) is 6.42 Å². The van der Waals surface area contributed by atoms with Crippen molar-refractivity contribution >= 4 is 11.6 Å². The molecule has 0 aliphatic carbocycles. The van der Waals surface area contributed by atoms with Crippen LogP contribution in [0.4, 0.5) is 16.0 Å². The van der Waals surface area contributed by atoms with Gasteiger partial charge in [0.25, 0.3) is 0 Å². The van der Waals surface area contributed by atoms with Crippen LogP contribution in [0.2, 0.25) is 0 Å². The summed E-state index contributed by atoms with van der Waals surface area (Å²) in [6, 6.07) is 5.04. The van der Waals surface area contributed by atoms with Crippen LogP contribution in [0.1, 0.15) is 30.7 Å². The molecule has 3 heterocycles. The van der Waals surface area contributed by atoms with Crippen molar-refractivity contribution in [1.82, 2.24) is 20.1 Å². The molecule has 21 heavy (non-hydrogen) atoms. The first-order chi connectivity index (χ1) is 10.2. The SMILES string of the molecule is Cc1cc(Nc2nc(CN3CCCCC3)ccc2F)n[nH]1. The molecule has 0 saturated carbocycles. The topological polar surface area (TPSA) is 56.8 Å². The van der Waals surface area contributed by atoms with Gasteiger partial charge in [0, 0.05) is 18.3 Å². The minimum Gasteiger partial charge on any atom is -0.321 e. The van der Waals surface area contributed by atoms with Crippen molar-refractivity contribution in [2.24, 2.45) is 0 Å². The fourth-order valence-corrected chi connectivity index (χ4v) is 2.61. The van der Waals surface area contributed by atoms with Crippen molar-refractivity contribution in [2.45, 2.75) is 32.7 Å². The Labute approximate surface area is 123 Å². The lowest BCUT2D eigenvalue weighted by atomic mass is 10.1. The number of nitrogens with zero attached hydrogens (tertiary/aromatic N) is 3. The van der Waals surface area contributed by atoms with Gasteiger partial charge in [0.15, 0.2) is 17.5 Å². The first-order valence-corrected chi connectivity index (χ1v) is 7.37. The smallest absolute Gasteiger partial charge is 0.168 e. The maximum atomic E-state index is 13.9. The molecule has 0 atom stereocenters. The number of aryl methyl sites for hydroxylation is 1. The van der Waals surface area contributed by atoms with Crippen LogP contribution in [0.3, 0.4) is 0 Å². The van der Waals surface area contributed by atoms with Crippen molar-refractivity contribution in [3.63, 3.8) is 0 Å². The first kappa shape index (κ1) is 14.0. The number of rotatable bonds is 4. The zero-order chi connectivity index (χ0) is 14.7. The number of H-pyrrole nitrogens is 1. The Kier molecular flexibility index (Phi) is 4.15. The van der Waals surface area contributed by atoms with E-state index in [4.69, 9.17) is 0 Å². The molecule has 1 aliphatic rings. The maximum Gasteiger partial charge on any atom is 0.168 e. The number of hydrogen-bond donors (Lipinski definition) is 2. The van der Waals surface area contributed by atoms with Gasteiger partial charge >= 0.3 is 0 Å². The van der Waals surface area contributed by atoms with Gasteiger partial charge < -0.3 is 5.32 Å². The van der Waals surface area contributed by atoms with Gasteiger partial charge in [0.1, 0.15) is 0 Å². The summed E-state index contributed by atoms with van der Waals surface area (Å²) < 4.78 is 13.9. The second-order valence-corrected chi connectivity index (χ2v) is 5.53. The number of likely N-dealkylation sites (tertiary alicyclic amines) is 1. The highest BCUT2D eigenvalue weighted by Gasteiger charge is 2.13. The van der Waals surface area contributed by atoms with Gasteiger partial charge in [-0.15, -0.1) is 0 Å². The van der Waals surface area contributed by atoms with Crippen molar-refractivity contribution < 1.29 is 4.39 Å². The molecule has 2 N–H and O–H groups in total. The predicted octanol–water partition coefficient (Wildman–Crippen LogP) is 2.98. The van der Waals surface area contributed by atoms with E-state index in [1.807, 2.05) is 13.0 Å². The van der Waals surface area contributed by atoms with E-state index in [-0.39, 0.29) is 11.6 Å². The third-order valence-electron chi connectivity index (χ3n) is 3.69. The highest BCUT2D eigenvalue weighted by Crippen LogP contribution is 2.19. The quantitative estimate of drug-likeness (QED) is 0.908. The van der Waals surface area contributed by atoms with Gasteiger partial charge in [-0.2, -0.15) is 5.10 Å². The third kappa shape index (κ3) is 3.58. The van der Waals surface area contributed by atoms with E-state index in [0.29, 0.717) is 5.82 Å². The molecule has 0 radical (unpaired) electrons. The number of nitrogens with one attached hydrogen (secondary N) is 2. The van der Waals surface area contributed by atoms with Gasteiger partial charge in [0.05, 0.1) is 5.69 Å². The fraction of sp³-hybridized carbons (Fsp3) is 0.467. The number of aromatic nitrogens is 3. The van der Waals surface area contributed by atoms with Crippen LogP contribution >= 0.6 is 0 Å². The molecule has 3 rings (SSSR count). The van der Waals surface area contributed by atoms with Crippen molar-refractivity contribution in [3.05, 3.63) is 35.4 Å². The maximum absolute atomic E-state index is 13.9. The number of pyridine rings is 1. The third-order valence-corrected chi connectivity index (χ3v) is 3.69. The van der Waals surface area contributed by atoms with Crippen LogP contribution in [-0.4, -0.2) is 33.2 Å². The Morgan fingerprint density at radius 1 is 1.29 bits per heavy atom. The summed E-state index contributed by atoms with van der Waals surface area (Å²) in [5, 5.41) is 9.79. The molecule has 1 fully saturated rings. The minimum absolute atomic E-state index is 0.232. The van der Waals surface area contributed by atoms with E-state index in [0.717, 1.165) is 31.0 Å². The lowest BCUT2D eigenvalue weighted by Gasteiger charge is -2.26. The predicted molar refractivity (Wildman–Crippen MR) is 79.9 cm³/mol. The summed E-state index contributed by atoms with van der Waals surface area (Å²) >= 11 is 0. The van der Waals surface area contributed by atoms with Crippen LogP contribution in [0.15, 0.2) is 18.2 Å². The van der Waals surface area contributed by atoms with Gasteiger partial charge in [-0.3, -0.25) is 10.00 Å². The molecular formula is C15H20FN5. The molecule has 2 aromatic rings. The Hall–Kier alpha value is -1.95. The average molecular weight is 289 g/mol. The molecule has 112 valence electrons. The van der Waals surface area contributed by atoms with Crippen LogP contribution in [0, 0.1) is 12.7 Å². The van der Waals surface area contributed by atoms with E-state index < -0.39 is 0 Å². The largest absolute Gasteiger partial charge is 0.321 e. The number of piperidine rings is 1. The molecule has 1 aliphatic heterocycles. The summed E-state index contributed by atoms with van der Waals surface area (Å²) in [4.78, 5) is 6.76. The first-order valence-electron chi connectivity index (χ1n) is 7.37. The van der Waals surface area contributed by atoms with Gasteiger partial charge in [0.2, 0.25) is 0 Å². The summed E-state index contributed by atoms with van der Waals surface area (Å²) in [6.45, 7) is 4.87. The summed E-state index contributed by atoms with van der Waals surface area (Å²) in [5.41, 5.74) is 1.80. The van der Waals surface area contributed by atoms with Crippen molar-refractivity contribution in [1.29, 1.82) is 0 Å². The second-order valence-electron chi connectivity index (χ2n) is 5.53. The molecule has 0 unspecified atom stereocenters. The molecule has 5 nitrogen and oxygen atoms in total. The Morgan fingerprint density at radius 3 is 2.81 bits per heavy atom. The molecule has 1 saturated heterocycles. The van der Waals surface area contributed by atoms with Gasteiger partial charge in [-0.25, -0.2) is 9.37 Å². The number of hydrogen-bond acceptors (Lipinski definition) is 4. The van der Waals surface area contributed by atoms with E-state index >= 15 is 0 Å². The fourth-order valence-electron chi connectivity index (χ4n) is 2.61. The van der Waals surface area contributed by atoms with Crippen molar-refractivity contribution in [3.8, 4) is 0 Å². The molecule has 0 bridgehead atoms. The van der Waals surface area contributed by atoms with Crippen molar-refractivity contribution in [2.75, 3.05) is 18.4 Å². The van der Waals surface area contributed by atoms with Crippen LogP contribution in [0.5, 0.6) is 0 Å². The number of aromatic amines is 1. The van der Waals surface area contributed by atoms with E-state index in [1.165, 1.54) is 25.3 Å². The summed E-state index contributed by atoms with van der Waals surface area (Å²) in [5.74, 6) is 0.447. The summed E-state index contributed by atoms with van der Waals surface area (Å²) in [7, 11) is 0. The lowest BCUT2D eigenvalue weighted by Crippen LogP contribution is -2.29. The average Bonchev–Trinajstić information content (AvgIpc) is 2.89. The molecule has 6 heteroatoms. The normalized spacial score (nSPS) is 16.1. The highest BCUT2D eigenvalue weighted by molar-refractivity contribution is 5.52. The molecule has 2 aromatic heterocycles.